The molecule has 110 valence electrons. The Morgan fingerprint density at radius 2 is 2.14 bits per heavy atom. The minimum absolute atomic E-state index is 0.170. The summed E-state index contributed by atoms with van der Waals surface area (Å²) in [7, 11) is 0. The third-order valence-electron chi connectivity index (χ3n) is 4.19. The first-order valence-electron chi connectivity index (χ1n) is 7.23. The number of hydrogen-bond donors (Lipinski definition) is 2. The molecule has 2 unspecified atom stereocenters. The van der Waals surface area contributed by atoms with E-state index in [0.29, 0.717) is 12.1 Å². The second-order valence-electron chi connectivity index (χ2n) is 5.70. The summed E-state index contributed by atoms with van der Waals surface area (Å²) in [4.78, 5) is 4.28. The van der Waals surface area contributed by atoms with Gasteiger partial charge in [0.2, 0.25) is 0 Å². The van der Waals surface area contributed by atoms with E-state index in [4.69, 9.17) is 0 Å². The van der Waals surface area contributed by atoms with Crippen LogP contribution in [0.2, 0.25) is 0 Å². The zero-order valence-electron chi connectivity index (χ0n) is 12.7. The molecule has 0 spiro atoms. The molecule has 1 aromatic heterocycles. The first-order chi connectivity index (χ1) is 9.99. The van der Waals surface area contributed by atoms with Crippen molar-refractivity contribution in [2.45, 2.75) is 32.8 Å². The van der Waals surface area contributed by atoms with Crippen LogP contribution in [0.4, 0.5) is 5.69 Å². The predicted molar refractivity (Wildman–Crippen MR) is 85.0 cm³/mol. The van der Waals surface area contributed by atoms with Crippen molar-refractivity contribution in [1.82, 2.24) is 4.98 Å². The summed E-state index contributed by atoms with van der Waals surface area (Å²) in [6.07, 6.45) is 2.47. The number of hydrogen-bond acceptors (Lipinski definition) is 4. The highest BCUT2D eigenvalue weighted by Crippen LogP contribution is 2.27. The fourth-order valence-corrected chi connectivity index (χ4v) is 2.30. The first-order valence-corrected chi connectivity index (χ1v) is 7.23. The number of nitriles is 1. The van der Waals surface area contributed by atoms with Crippen LogP contribution in [0.15, 0.2) is 30.5 Å². The van der Waals surface area contributed by atoms with Gasteiger partial charge < -0.3 is 10.4 Å². The molecule has 0 aliphatic rings. The van der Waals surface area contributed by atoms with E-state index in [1.54, 1.807) is 6.20 Å². The normalized spacial score (nSPS) is 15.2. The summed E-state index contributed by atoms with van der Waals surface area (Å²) >= 11 is 0. The van der Waals surface area contributed by atoms with E-state index in [0.717, 1.165) is 23.0 Å². The second kappa shape index (κ2) is 6.11. The highest BCUT2D eigenvalue weighted by atomic mass is 16.3. The van der Waals surface area contributed by atoms with Crippen molar-refractivity contribution in [3.05, 3.63) is 36.0 Å². The van der Waals surface area contributed by atoms with Gasteiger partial charge in [0.05, 0.1) is 22.4 Å². The molecule has 21 heavy (non-hydrogen) atoms. The number of fused-ring (bicyclic) bond motifs is 1. The zero-order valence-corrected chi connectivity index (χ0v) is 12.7. The fraction of sp³-hybridized carbons (Fsp3) is 0.412. The first kappa shape index (κ1) is 15.3. The number of rotatable bonds is 5. The van der Waals surface area contributed by atoms with E-state index in [2.05, 4.69) is 23.3 Å². The molecule has 2 aromatic rings. The van der Waals surface area contributed by atoms with Crippen LogP contribution in [-0.2, 0) is 0 Å². The number of nitrogens with one attached hydrogen (secondary N) is 1. The Kier molecular flexibility index (Phi) is 4.44. The molecular formula is C17H21N3O. The second-order valence-corrected chi connectivity index (χ2v) is 5.70. The molecule has 0 fully saturated rings. The van der Waals surface area contributed by atoms with Crippen LogP contribution in [0.1, 0.15) is 32.8 Å². The molecule has 1 heterocycles. The van der Waals surface area contributed by atoms with Crippen LogP contribution in [0.25, 0.3) is 10.9 Å². The van der Waals surface area contributed by atoms with Crippen LogP contribution in [0.3, 0.4) is 0 Å². The maximum Gasteiger partial charge on any atom is 0.103 e. The third kappa shape index (κ3) is 3.14. The molecule has 2 N–H and O–H groups in total. The van der Waals surface area contributed by atoms with Crippen molar-refractivity contribution < 1.29 is 5.11 Å². The summed E-state index contributed by atoms with van der Waals surface area (Å²) in [6.45, 7) is 6.30. The maximum atomic E-state index is 10.5. The van der Waals surface area contributed by atoms with Gasteiger partial charge in [-0.25, -0.2) is 0 Å². The number of aromatic nitrogens is 1. The minimum atomic E-state index is -0.828. The van der Waals surface area contributed by atoms with Crippen LogP contribution in [-0.4, -0.2) is 22.2 Å². The number of pyridine rings is 1. The lowest BCUT2D eigenvalue weighted by Crippen LogP contribution is -2.40. The van der Waals surface area contributed by atoms with Crippen LogP contribution in [0.5, 0.6) is 0 Å². The third-order valence-corrected chi connectivity index (χ3v) is 4.19. The lowest BCUT2D eigenvalue weighted by atomic mass is 9.88. The molecule has 1 aromatic carbocycles. The zero-order chi connectivity index (χ0) is 15.5. The standard InChI is InChI=1S/C17H21N3O/c1-4-12(2)17(3,21)11-20-16-13(9-18)10-19-15-8-6-5-7-14(15)16/h5-8,10,12,21H,4,11H2,1-3H3,(H,19,20). The van der Waals surface area contributed by atoms with E-state index in [1.165, 1.54) is 0 Å². The average molecular weight is 283 g/mol. The fourth-order valence-electron chi connectivity index (χ4n) is 2.30. The van der Waals surface area contributed by atoms with Gasteiger partial charge in [0.1, 0.15) is 6.07 Å². The van der Waals surface area contributed by atoms with Crippen molar-refractivity contribution >= 4 is 16.6 Å². The van der Waals surface area contributed by atoms with E-state index in [-0.39, 0.29) is 5.92 Å². The number of benzene rings is 1. The van der Waals surface area contributed by atoms with Gasteiger partial charge in [-0.2, -0.15) is 5.26 Å². The lowest BCUT2D eigenvalue weighted by Gasteiger charge is -2.30. The van der Waals surface area contributed by atoms with E-state index in [9.17, 15) is 10.4 Å². The SMILES string of the molecule is CCC(C)C(C)(O)CNc1c(C#N)cnc2ccccc12. The summed E-state index contributed by atoms with van der Waals surface area (Å²) < 4.78 is 0. The van der Waals surface area contributed by atoms with Gasteiger partial charge in [0, 0.05) is 18.1 Å². The van der Waals surface area contributed by atoms with Crippen LogP contribution < -0.4 is 5.32 Å². The monoisotopic (exact) mass is 283 g/mol. The summed E-state index contributed by atoms with van der Waals surface area (Å²) in [6, 6.07) is 9.84. The number of nitrogens with zero attached hydrogens (tertiary/aromatic N) is 2. The van der Waals surface area contributed by atoms with Crippen molar-refractivity contribution in [3.63, 3.8) is 0 Å². The molecule has 0 saturated heterocycles. The van der Waals surface area contributed by atoms with Crippen LogP contribution >= 0.6 is 0 Å². The molecule has 0 aliphatic carbocycles. The summed E-state index contributed by atoms with van der Waals surface area (Å²) in [5, 5.41) is 23.9. The Labute approximate surface area is 125 Å². The largest absolute Gasteiger partial charge is 0.388 e. The van der Waals surface area contributed by atoms with Gasteiger partial charge >= 0.3 is 0 Å². The molecular weight excluding hydrogens is 262 g/mol. The van der Waals surface area contributed by atoms with Gasteiger partial charge in [0.15, 0.2) is 0 Å². The molecule has 4 heteroatoms. The molecule has 0 amide bonds. The Morgan fingerprint density at radius 1 is 1.43 bits per heavy atom. The molecule has 0 radical (unpaired) electrons. The van der Waals surface area contributed by atoms with Crippen molar-refractivity contribution in [2.24, 2.45) is 5.92 Å². The van der Waals surface area contributed by atoms with Crippen molar-refractivity contribution in [3.8, 4) is 6.07 Å². The number of para-hydroxylation sites is 1. The van der Waals surface area contributed by atoms with Crippen molar-refractivity contribution in [1.29, 1.82) is 5.26 Å². The highest BCUT2D eigenvalue weighted by Gasteiger charge is 2.27. The Morgan fingerprint density at radius 3 is 2.81 bits per heavy atom. The summed E-state index contributed by atoms with van der Waals surface area (Å²) in [5.41, 5.74) is 1.24. The minimum Gasteiger partial charge on any atom is -0.388 e. The van der Waals surface area contributed by atoms with Crippen molar-refractivity contribution in [2.75, 3.05) is 11.9 Å². The molecule has 0 saturated carbocycles. The van der Waals surface area contributed by atoms with Gasteiger partial charge in [-0.1, -0.05) is 38.5 Å². The summed E-state index contributed by atoms with van der Waals surface area (Å²) in [5.74, 6) is 0.170. The lowest BCUT2D eigenvalue weighted by molar-refractivity contribution is 0.0176. The van der Waals surface area contributed by atoms with Gasteiger partial charge in [0.25, 0.3) is 0 Å². The Balaban J connectivity index is 2.35. The van der Waals surface area contributed by atoms with Crippen LogP contribution in [0, 0.1) is 17.2 Å². The quantitative estimate of drug-likeness (QED) is 0.883. The maximum absolute atomic E-state index is 10.5. The molecule has 2 atom stereocenters. The highest BCUT2D eigenvalue weighted by molar-refractivity contribution is 5.93. The Hall–Kier alpha value is -2.12. The average Bonchev–Trinajstić information content (AvgIpc) is 2.51. The van der Waals surface area contributed by atoms with Gasteiger partial charge in [-0.15, -0.1) is 0 Å². The predicted octanol–water partition coefficient (Wildman–Crippen LogP) is 3.32. The Bertz CT molecular complexity index is 673. The smallest absolute Gasteiger partial charge is 0.103 e. The molecule has 4 nitrogen and oxygen atoms in total. The molecule has 2 rings (SSSR count). The topological polar surface area (TPSA) is 68.9 Å². The molecule has 0 aliphatic heterocycles. The molecule has 0 bridgehead atoms. The van der Waals surface area contributed by atoms with Gasteiger partial charge in [-0.3, -0.25) is 4.98 Å². The van der Waals surface area contributed by atoms with E-state index >= 15 is 0 Å². The van der Waals surface area contributed by atoms with Gasteiger partial charge in [-0.05, 0) is 18.9 Å². The number of aliphatic hydroxyl groups is 1. The van der Waals surface area contributed by atoms with E-state index in [1.807, 2.05) is 38.1 Å². The number of anilines is 1. The van der Waals surface area contributed by atoms with E-state index < -0.39 is 5.60 Å².